The predicted octanol–water partition coefficient (Wildman–Crippen LogP) is 1.34. The zero-order valence-electron chi connectivity index (χ0n) is 12.3. The average molecular weight is 299 g/mol. The number of amides is 2. The van der Waals surface area contributed by atoms with Crippen LogP contribution in [0.4, 0.5) is 0 Å². The average Bonchev–Trinajstić information content (AvgIpc) is 3.06. The first-order valence-corrected chi connectivity index (χ1v) is 7.19. The fourth-order valence-electron chi connectivity index (χ4n) is 2.52. The van der Waals surface area contributed by atoms with Gasteiger partial charge in [0.15, 0.2) is 0 Å². The molecule has 1 aliphatic rings. The van der Waals surface area contributed by atoms with Crippen LogP contribution in [-0.2, 0) is 9.53 Å². The monoisotopic (exact) mass is 299 g/mol. The third-order valence-corrected chi connectivity index (χ3v) is 3.69. The molecule has 2 aromatic rings. The third kappa shape index (κ3) is 2.92. The molecule has 2 amide bonds. The second kappa shape index (κ2) is 6.11. The number of para-hydroxylation sites is 1. The van der Waals surface area contributed by atoms with Gasteiger partial charge >= 0.3 is 0 Å². The van der Waals surface area contributed by atoms with Gasteiger partial charge in [-0.3, -0.25) is 25.4 Å². The Labute approximate surface area is 127 Å². The highest BCUT2D eigenvalue weighted by molar-refractivity contribution is 6.06. The molecule has 114 valence electrons. The van der Waals surface area contributed by atoms with Crippen molar-refractivity contribution < 1.29 is 14.3 Å². The third-order valence-electron chi connectivity index (χ3n) is 3.69. The van der Waals surface area contributed by atoms with Crippen LogP contribution in [0, 0.1) is 12.8 Å². The highest BCUT2D eigenvalue weighted by Gasteiger charge is 2.24. The number of aryl methyl sites for hydroxylation is 1. The van der Waals surface area contributed by atoms with Gasteiger partial charge in [-0.05, 0) is 25.5 Å². The van der Waals surface area contributed by atoms with Crippen LogP contribution >= 0.6 is 0 Å². The minimum atomic E-state index is -0.353. The molecule has 22 heavy (non-hydrogen) atoms. The number of ether oxygens (including phenoxy) is 1. The van der Waals surface area contributed by atoms with E-state index in [0.29, 0.717) is 25.2 Å². The number of hydrogen-bond donors (Lipinski definition) is 2. The Morgan fingerprint density at radius 1 is 1.27 bits per heavy atom. The van der Waals surface area contributed by atoms with E-state index >= 15 is 0 Å². The summed E-state index contributed by atoms with van der Waals surface area (Å²) in [5.74, 6) is -0.772. The van der Waals surface area contributed by atoms with Crippen LogP contribution in [0.15, 0.2) is 30.3 Å². The first-order valence-electron chi connectivity index (χ1n) is 7.19. The SMILES string of the molecule is Cc1cc(C(=O)NNC(=O)C2CCOC2)c2ccccc2n1. The van der Waals surface area contributed by atoms with Gasteiger partial charge in [0.25, 0.3) is 5.91 Å². The Hall–Kier alpha value is -2.47. The van der Waals surface area contributed by atoms with Crippen molar-refractivity contribution in [2.45, 2.75) is 13.3 Å². The number of hydrazine groups is 1. The van der Waals surface area contributed by atoms with Crippen LogP contribution in [0.3, 0.4) is 0 Å². The van der Waals surface area contributed by atoms with Gasteiger partial charge in [0.05, 0.1) is 23.6 Å². The lowest BCUT2D eigenvalue weighted by Crippen LogP contribution is -2.44. The van der Waals surface area contributed by atoms with Crippen molar-refractivity contribution in [1.29, 1.82) is 0 Å². The highest BCUT2D eigenvalue weighted by Crippen LogP contribution is 2.18. The van der Waals surface area contributed by atoms with E-state index in [1.165, 1.54) is 0 Å². The molecule has 6 heteroatoms. The Balaban J connectivity index is 1.76. The summed E-state index contributed by atoms with van der Waals surface area (Å²) in [6.45, 7) is 2.82. The zero-order valence-corrected chi connectivity index (χ0v) is 12.3. The van der Waals surface area contributed by atoms with Crippen molar-refractivity contribution in [3.63, 3.8) is 0 Å². The summed E-state index contributed by atoms with van der Waals surface area (Å²) in [5, 5.41) is 0.754. The van der Waals surface area contributed by atoms with Crippen LogP contribution in [0.25, 0.3) is 10.9 Å². The lowest BCUT2D eigenvalue weighted by Gasteiger charge is -2.12. The fraction of sp³-hybridized carbons (Fsp3) is 0.312. The van der Waals surface area contributed by atoms with Crippen LogP contribution < -0.4 is 10.9 Å². The molecule has 2 heterocycles. The van der Waals surface area contributed by atoms with E-state index in [4.69, 9.17) is 4.74 Å². The maximum atomic E-state index is 12.3. The first kappa shape index (κ1) is 14.5. The van der Waals surface area contributed by atoms with Crippen LogP contribution in [-0.4, -0.2) is 30.0 Å². The number of aromatic nitrogens is 1. The number of nitrogens with one attached hydrogen (secondary N) is 2. The van der Waals surface area contributed by atoms with Crippen molar-refractivity contribution >= 4 is 22.7 Å². The fourth-order valence-corrected chi connectivity index (χ4v) is 2.52. The molecular formula is C16H17N3O3. The summed E-state index contributed by atoms with van der Waals surface area (Å²) < 4.78 is 5.16. The van der Waals surface area contributed by atoms with Gasteiger partial charge in [-0.15, -0.1) is 0 Å². The molecule has 1 aromatic carbocycles. The van der Waals surface area contributed by atoms with Crippen LogP contribution in [0.5, 0.6) is 0 Å². The van der Waals surface area contributed by atoms with E-state index in [-0.39, 0.29) is 17.7 Å². The number of hydrogen-bond acceptors (Lipinski definition) is 4. The number of rotatable bonds is 2. The van der Waals surface area contributed by atoms with E-state index in [2.05, 4.69) is 15.8 Å². The summed E-state index contributed by atoms with van der Waals surface area (Å²) in [5.41, 5.74) is 6.94. The number of pyridine rings is 1. The largest absolute Gasteiger partial charge is 0.381 e. The molecule has 0 saturated carbocycles. The Morgan fingerprint density at radius 3 is 2.86 bits per heavy atom. The van der Waals surface area contributed by atoms with Gasteiger partial charge in [0.1, 0.15) is 0 Å². The molecule has 1 aliphatic heterocycles. The number of fused-ring (bicyclic) bond motifs is 1. The normalized spacial score (nSPS) is 17.4. The zero-order chi connectivity index (χ0) is 15.5. The molecule has 0 aliphatic carbocycles. The van der Waals surface area contributed by atoms with Gasteiger partial charge < -0.3 is 4.74 Å². The van der Waals surface area contributed by atoms with Gasteiger partial charge in [0, 0.05) is 17.7 Å². The first-order chi connectivity index (χ1) is 10.6. The summed E-state index contributed by atoms with van der Waals surface area (Å²) >= 11 is 0. The smallest absolute Gasteiger partial charge is 0.270 e. The van der Waals surface area contributed by atoms with E-state index in [0.717, 1.165) is 16.6 Å². The van der Waals surface area contributed by atoms with E-state index in [9.17, 15) is 9.59 Å². The number of nitrogens with zero attached hydrogens (tertiary/aromatic N) is 1. The number of carbonyl (C=O) groups is 2. The molecule has 1 saturated heterocycles. The lowest BCUT2D eigenvalue weighted by atomic mass is 10.1. The Kier molecular flexibility index (Phi) is 4.02. The van der Waals surface area contributed by atoms with Gasteiger partial charge in [-0.25, -0.2) is 0 Å². The molecule has 6 nitrogen and oxygen atoms in total. The van der Waals surface area contributed by atoms with Gasteiger partial charge in [-0.1, -0.05) is 18.2 Å². The molecule has 2 N–H and O–H groups in total. The minimum absolute atomic E-state index is 0.198. The summed E-state index contributed by atoms with van der Waals surface area (Å²) in [6.07, 6.45) is 0.680. The number of benzene rings is 1. The molecule has 0 spiro atoms. The molecule has 1 unspecified atom stereocenters. The van der Waals surface area contributed by atoms with Crippen molar-refractivity contribution in [3.05, 3.63) is 41.6 Å². The topological polar surface area (TPSA) is 80.3 Å². The van der Waals surface area contributed by atoms with E-state index in [1.807, 2.05) is 31.2 Å². The van der Waals surface area contributed by atoms with E-state index in [1.54, 1.807) is 6.07 Å². The quantitative estimate of drug-likeness (QED) is 0.820. The summed E-state index contributed by atoms with van der Waals surface area (Å²) in [7, 11) is 0. The maximum absolute atomic E-state index is 12.3. The lowest BCUT2D eigenvalue weighted by molar-refractivity contribution is -0.125. The molecule has 3 rings (SSSR count). The summed E-state index contributed by atoms with van der Waals surface area (Å²) in [4.78, 5) is 28.6. The van der Waals surface area contributed by atoms with Gasteiger partial charge in [0.2, 0.25) is 5.91 Å². The van der Waals surface area contributed by atoms with E-state index < -0.39 is 0 Å². The standard InChI is InChI=1S/C16H17N3O3/c1-10-8-13(12-4-2-3-5-14(12)17-10)16(21)19-18-15(20)11-6-7-22-9-11/h2-5,8,11H,6-7,9H2,1H3,(H,18,20)(H,19,21). The number of carbonyl (C=O) groups excluding carboxylic acids is 2. The highest BCUT2D eigenvalue weighted by atomic mass is 16.5. The van der Waals surface area contributed by atoms with Crippen molar-refractivity contribution in [2.24, 2.45) is 5.92 Å². The Bertz CT molecular complexity index is 724. The minimum Gasteiger partial charge on any atom is -0.381 e. The van der Waals surface area contributed by atoms with Crippen molar-refractivity contribution in [3.8, 4) is 0 Å². The van der Waals surface area contributed by atoms with Crippen molar-refractivity contribution in [1.82, 2.24) is 15.8 Å². The van der Waals surface area contributed by atoms with Crippen molar-refractivity contribution in [2.75, 3.05) is 13.2 Å². The van der Waals surface area contributed by atoms with Crippen LogP contribution in [0.1, 0.15) is 22.5 Å². The van der Waals surface area contributed by atoms with Gasteiger partial charge in [-0.2, -0.15) is 0 Å². The molecule has 0 bridgehead atoms. The summed E-state index contributed by atoms with van der Waals surface area (Å²) in [6, 6.07) is 9.13. The molecule has 0 radical (unpaired) electrons. The molecular weight excluding hydrogens is 282 g/mol. The predicted molar refractivity (Wildman–Crippen MR) is 81.0 cm³/mol. The second-order valence-electron chi connectivity index (χ2n) is 5.33. The van der Waals surface area contributed by atoms with Crippen LogP contribution in [0.2, 0.25) is 0 Å². The molecule has 1 fully saturated rings. The Morgan fingerprint density at radius 2 is 2.09 bits per heavy atom. The maximum Gasteiger partial charge on any atom is 0.270 e. The molecule has 1 aromatic heterocycles. The molecule has 1 atom stereocenters. The second-order valence-corrected chi connectivity index (χ2v) is 5.33.